The van der Waals surface area contributed by atoms with Gasteiger partial charge in [0.2, 0.25) is 5.91 Å². The molecule has 2 unspecified atom stereocenters. The van der Waals surface area contributed by atoms with E-state index in [-0.39, 0.29) is 11.8 Å². The van der Waals surface area contributed by atoms with Crippen LogP contribution >= 0.6 is 0 Å². The van der Waals surface area contributed by atoms with Crippen LogP contribution in [-0.2, 0) is 18.3 Å². The summed E-state index contributed by atoms with van der Waals surface area (Å²) in [4.78, 5) is 18.7. The Kier molecular flexibility index (Phi) is 5.87. The molecule has 1 aliphatic rings. The second-order valence-electron chi connectivity index (χ2n) is 6.92. The van der Waals surface area contributed by atoms with Crippen LogP contribution in [-0.4, -0.2) is 38.6 Å². The van der Waals surface area contributed by atoms with Crippen molar-refractivity contribution in [1.29, 1.82) is 0 Å². The number of rotatable bonds is 6. The third-order valence-electron chi connectivity index (χ3n) is 5.08. The van der Waals surface area contributed by atoms with E-state index < -0.39 is 6.10 Å². The maximum atomic E-state index is 12.5. The Hall–Kier alpha value is -2.14. The molecule has 1 N–H and O–H groups in total. The van der Waals surface area contributed by atoms with Crippen molar-refractivity contribution in [3.63, 3.8) is 0 Å². The Morgan fingerprint density at radius 2 is 2.16 bits per heavy atom. The second-order valence-corrected chi connectivity index (χ2v) is 6.92. The number of nitrogens with zero attached hydrogens (tertiary/aromatic N) is 3. The number of hydrogen-bond donors (Lipinski definition) is 1. The standard InChI is InChI=1S/C20H27N3O2/c1-22-14-12-21-20(22)19(25)17-10-6-13-23(15-17)18(24)11-5-9-16-7-3-2-4-8-16/h2-4,7-8,12,14,17,19,25H,5-6,9-11,13,15H2,1H3. The predicted octanol–water partition coefficient (Wildman–Crippen LogP) is 2.72. The Morgan fingerprint density at radius 3 is 2.88 bits per heavy atom. The van der Waals surface area contributed by atoms with Gasteiger partial charge in [0.1, 0.15) is 11.9 Å². The highest BCUT2D eigenvalue weighted by molar-refractivity contribution is 5.76. The lowest BCUT2D eigenvalue weighted by molar-refractivity contribution is -0.134. The van der Waals surface area contributed by atoms with Crippen molar-refractivity contribution in [3.05, 3.63) is 54.1 Å². The number of amides is 1. The fraction of sp³-hybridized carbons (Fsp3) is 0.500. The van der Waals surface area contributed by atoms with Crippen LogP contribution in [0.4, 0.5) is 0 Å². The highest BCUT2D eigenvalue weighted by Gasteiger charge is 2.30. The van der Waals surface area contributed by atoms with E-state index >= 15 is 0 Å². The molecule has 134 valence electrons. The number of hydrogen-bond acceptors (Lipinski definition) is 3. The van der Waals surface area contributed by atoms with E-state index in [2.05, 4.69) is 17.1 Å². The SMILES string of the molecule is Cn1ccnc1C(O)C1CCCN(C(=O)CCCc2ccccc2)C1. The molecule has 2 aromatic rings. The van der Waals surface area contributed by atoms with Crippen LogP contribution in [0.2, 0.25) is 0 Å². The van der Waals surface area contributed by atoms with Gasteiger partial charge in [0.05, 0.1) is 0 Å². The zero-order valence-electron chi connectivity index (χ0n) is 14.8. The van der Waals surface area contributed by atoms with Crippen molar-refractivity contribution in [3.8, 4) is 0 Å². The molecule has 1 amide bonds. The third kappa shape index (κ3) is 4.48. The van der Waals surface area contributed by atoms with E-state index in [0.717, 1.165) is 32.2 Å². The average Bonchev–Trinajstić information content (AvgIpc) is 3.08. The van der Waals surface area contributed by atoms with E-state index in [1.54, 1.807) is 6.20 Å². The molecule has 2 heterocycles. The molecule has 0 radical (unpaired) electrons. The monoisotopic (exact) mass is 341 g/mol. The number of carbonyl (C=O) groups is 1. The normalized spacial score (nSPS) is 19.0. The predicted molar refractivity (Wildman–Crippen MR) is 96.9 cm³/mol. The van der Waals surface area contributed by atoms with Gasteiger partial charge in [-0.15, -0.1) is 0 Å². The maximum absolute atomic E-state index is 12.5. The number of imidazole rings is 1. The van der Waals surface area contributed by atoms with Gasteiger partial charge < -0.3 is 14.6 Å². The summed E-state index contributed by atoms with van der Waals surface area (Å²) in [5.41, 5.74) is 1.28. The quantitative estimate of drug-likeness (QED) is 0.879. The van der Waals surface area contributed by atoms with Gasteiger partial charge in [0.25, 0.3) is 0 Å². The molecule has 5 heteroatoms. The van der Waals surface area contributed by atoms with Crippen molar-refractivity contribution in [2.24, 2.45) is 13.0 Å². The molecule has 1 saturated heterocycles. The minimum Gasteiger partial charge on any atom is -0.385 e. The Bertz CT molecular complexity index is 683. The molecule has 0 spiro atoms. The molecule has 1 aliphatic heterocycles. The molecule has 5 nitrogen and oxygen atoms in total. The van der Waals surface area contributed by atoms with E-state index in [9.17, 15) is 9.90 Å². The van der Waals surface area contributed by atoms with E-state index in [1.807, 2.05) is 40.9 Å². The number of aliphatic hydroxyl groups excluding tert-OH is 1. The van der Waals surface area contributed by atoms with Gasteiger partial charge >= 0.3 is 0 Å². The van der Waals surface area contributed by atoms with E-state index in [4.69, 9.17) is 0 Å². The lowest BCUT2D eigenvalue weighted by atomic mass is 9.91. The minimum absolute atomic E-state index is 0.0629. The van der Waals surface area contributed by atoms with E-state index in [1.165, 1.54) is 5.56 Å². The van der Waals surface area contributed by atoms with Crippen LogP contribution in [0.5, 0.6) is 0 Å². The topological polar surface area (TPSA) is 58.4 Å². The largest absolute Gasteiger partial charge is 0.385 e. The van der Waals surface area contributed by atoms with Crippen LogP contribution < -0.4 is 0 Å². The van der Waals surface area contributed by atoms with Gasteiger partial charge in [-0.3, -0.25) is 4.79 Å². The van der Waals surface area contributed by atoms with Crippen molar-refractivity contribution in [1.82, 2.24) is 14.5 Å². The lowest BCUT2D eigenvalue weighted by Crippen LogP contribution is -2.42. The van der Waals surface area contributed by atoms with Crippen molar-refractivity contribution in [2.45, 2.75) is 38.2 Å². The van der Waals surface area contributed by atoms with Gasteiger partial charge in [0.15, 0.2) is 0 Å². The van der Waals surface area contributed by atoms with Crippen LogP contribution in [0, 0.1) is 5.92 Å². The van der Waals surface area contributed by atoms with Crippen molar-refractivity contribution >= 4 is 5.91 Å². The summed E-state index contributed by atoms with van der Waals surface area (Å²) in [6.45, 7) is 1.42. The summed E-state index contributed by atoms with van der Waals surface area (Å²) in [6, 6.07) is 10.3. The first kappa shape index (κ1) is 17.7. The Morgan fingerprint density at radius 1 is 1.36 bits per heavy atom. The number of aryl methyl sites for hydroxylation is 2. The molecule has 0 aliphatic carbocycles. The van der Waals surface area contributed by atoms with Crippen LogP contribution in [0.25, 0.3) is 0 Å². The van der Waals surface area contributed by atoms with Gasteiger partial charge in [-0.1, -0.05) is 30.3 Å². The number of likely N-dealkylation sites (tertiary alicyclic amines) is 1. The number of benzene rings is 1. The molecule has 1 fully saturated rings. The van der Waals surface area contributed by atoms with Gasteiger partial charge in [-0.25, -0.2) is 4.98 Å². The molecule has 0 bridgehead atoms. The van der Waals surface area contributed by atoms with Gasteiger partial charge in [-0.05, 0) is 31.2 Å². The van der Waals surface area contributed by atoms with Gasteiger partial charge in [0, 0.05) is 44.9 Å². The minimum atomic E-state index is -0.611. The van der Waals surface area contributed by atoms with Gasteiger partial charge in [-0.2, -0.15) is 0 Å². The Labute approximate surface area is 149 Å². The summed E-state index contributed by atoms with van der Waals surface area (Å²) >= 11 is 0. The summed E-state index contributed by atoms with van der Waals surface area (Å²) in [6.07, 6.45) is 7.17. The second kappa shape index (κ2) is 8.30. The lowest BCUT2D eigenvalue weighted by Gasteiger charge is -2.35. The summed E-state index contributed by atoms with van der Waals surface area (Å²) in [5, 5.41) is 10.6. The number of carbonyl (C=O) groups excluding carboxylic acids is 1. The van der Waals surface area contributed by atoms with Crippen molar-refractivity contribution in [2.75, 3.05) is 13.1 Å². The average molecular weight is 341 g/mol. The number of aliphatic hydroxyl groups is 1. The third-order valence-corrected chi connectivity index (χ3v) is 5.08. The fourth-order valence-electron chi connectivity index (χ4n) is 3.61. The number of aromatic nitrogens is 2. The fourth-order valence-corrected chi connectivity index (χ4v) is 3.61. The molecule has 2 atom stereocenters. The zero-order valence-corrected chi connectivity index (χ0v) is 14.8. The maximum Gasteiger partial charge on any atom is 0.222 e. The van der Waals surface area contributed by atoms with Crippen LogP contribution in [0.1, 0.15) is 43.2 Å². The molecule has 0 saturated carbocycles. The smallest absolute Gasteiger partial charge is 0.222 e. The number of piperidine rings is 1. The summed E-state index contributed by atoms with van der Waals surface area (Å²) in [5.74, 6) is 0.948. The molecule has 1 aromatic carbocycles. The van der Waals surface area contributed by atoms with Crippen LogP contribution in [0.3, 0.4) is 0 Å². The first-order valence-corrected chi connectivity index (χ1v) is 9.12. The zero-order chi connectivity index (χ0) is 17.6. The summed E-state index contributed by atoms with van der Waals surface area (Å²) in [7, 11) is 1.89. The summed E-state index contributed by atoms with van der Waals surface area (Å²) < 4.78 is 1.85. The van der Waals surface area contributed by atoms with E-state index in [0.29, 0.717) is 18.8 Å². The van der Waals surface area contributed by atoms with Crippen LogP contribution in [0.15, 0.2) is 42.7 Å². The molecule has 25 heavy (non-hydrogen) atoms. The molecular weight excluding hydrogens is 314 g/mol. The van der Waals surface area contributed by atoms with Crippen molar-refractivity contribution < 1.29 is 9.90 Å². The molecular formula is C20H27N3O2. The molecule has 1 aromatic heterocycles. The first-order valence-electron chi connectivity index (χ1n) is 9.12. The first-order chi connectivity index (χ1) is 12.1. The highest BCUT2D eigenvalue weighted by atomic mass is 16.3. The highest BCUT2D eigenvalue weighted by Crippen LogP contribution is 2.29. The Balaban J connectivity index is 1.50. The molecule has 3 rings (SSSR count).